The maximum atomic E-state index is 13.3. The Bertz CT molecular complexity index is 521. The first-order valence-electron chi connectivity index (χ1n) is 4.37. The number of halogens is 2. The fourth-order valence-electron chi connectivity index (χ4n) is 1.07. The molecule has 0 bridgehead atoms. The minimum absolute atomic E-state index is 0.0845. The molecule has 0 aliphatic carbocycles. The van der Waals surface area contributed by atoms with Gasteiger partial charge in [-0.15, -0.1) is 0 Å². The van der Waals surface area contributed by atoms with Crippen LogP contribution in [0, 0.1) is 5.82 Å². The normalized spacial score (nSPS) is 10.1. The van der Waals surface area contributed by atoms with Crippen molar-refractivity contribution in [1.82, 2.24) is 9.97 Å². The number of nitrogens with zero attached hydrogens (tertiary/aromatic N) is 2. The number of hydrogen-bond acceptors (Lipinski definition) is 4. The second-order valence-corrected chi connectivity index (χ2v) is 3.70. The van der Waals surface area contributed by atoms with Crippen LogP contribution in [0.2, 0.25) is 0 Å². The van der Waals surface area contributed by atoms with E-state index in [2.05, 4.69) is 25.9 Å². The van der Waals surface area contributed by atoms with Gasteiger partial charge in [-0.05, 0) is 28.1 Å². The van der Waals surface area contributed by atoms with Gasteiger partial charge in [-0.25, -0.2) is 14.4 Å². The molecule has 0 unspecified atom stereocenters. The summed E-state index contributed by atoms with van der Waals surface area (Å²) in [5, 5.41) is 0. The number of rotatable bonds is 2. The van der Waals surface area contributed by atoms with Gasteiger partial charge in [0.1, 0.15) is 16.6 Å². The molecular weight excluding hydrogens is 277 g/mol. The SMILES string of the molecule is Nc1ncnc(Oc2ccccc2F)c1Br. The van der Waals surface area contributed by atoms with Crippen molar-refractivity contribution >= 4 is 21.7 Å². The molecule has 0 spiro atoms. The van der Waals surface area contributed by atoms with Crippen LogP contribution in [0.3, 0.4) is 0 Å². The maximum absolute atomic E-state index is 13.3. The van der Waals surface area contributed by atoms with Crippen LogP contribution in [-0.4, -0.2) is 9.97 Å². The van der Waals surface area contributed by atoms with E-state index in [1.165, 1.54) is 18.5 Å². The van der Waals surface area contributed by atoms with Gasteiger partial charge >= 0.3 is 0 Å². The summed E-state index contributed by atoms with van der Waals surface area (Å²) in [4.78, 5) is 7.60. The average molecular weight is 284 g/mol. The molecule has 0 aliphatic rings. The molecule has 4 nitrogen and oxygen atoms in total. The smallest absolute Gasteiger partial charge is 0.239 e. The monoisotopic (exact) mass is 283 g/mol. The predicted molar refractivity (Wildman–Crippen MR) is 60.6 cm³/mol. The van der Waals surface area contributed by atoms with E-state index in [1.807, 2.05) is 0 Å². The molecule has 82 valence electrons. The minimum Gasteiger partial charge on any atom is -0.435 e. The van der Waals surface area contributed by atoms with Gasteiger partial charge in [-0.2, -0.15) is 0 Å². The number of hydrogen-bond donors (Lipinski definition) is 1. The van der Waals surface area contributed by atoms with E-state index in [0.717, 1.165) is 0 Å². The van der Waals surface area contributed by atoms with E-state index >= 15 is 0 Å². The highest BCUT2D eigenvalue weighted by atomic mass is 79.9. The topological polar surface area (TPSA) is 61.0 Å². The minimum atomic E-state index is -0.466. The average Bonchev–Trinajstić information content (AvgIpc) is 2.28. The van der Waals surface area contributed by atoms with Gasteiger partial charge in [0.25, 0.3) is 0 Å². The third-order valence-electron chi connectivity index (χ3n) is 1.83. The van der Waals surface area contributed by atoms with E-state index in [1.54, 1.807) is 12.1 Å². The van der Waals surface area contributed by atoms with Crippen molar-refractivity contribution < 1.29 is 9.13 Å². The molecular formula is C10H7BrFN3O. The van der Waals surface area contributed by atoms with Crippen molar-refractivity contribution in [2.24, 2.45) is 0 Å². The predicted octanol–water partition coefficient (Wildman–Crippen LogP) is 2.75. The summed E-state index contributed by atoms with van der Waals surface area (Å²) in [6.07, 6.45) is 1.25. The summed E-state index contributed by atoms with van der Waals surface area (Å²) in [5.41, 5.74) is 5.54. The van der Waals surface area contributed by atoms with Crippen LogP contribution in [0.15, 0.2) is 35.1 Å². The first-order valence-corrected chi connectivity index (χ1v) is 5.16. The second-order valence-electron chi connectivity index (χ2n) is 2.91. The van der Waals surface area contributed by atoms with E-state index in [0.29, 0.717) is 4.47 Å². The largest absolute Gasteiger partial charge is 0.435 e. The third kappa shape index (κ3) is 2.11. The molecule has 0 radical (unpaired) electrons. The number of benzene rings is 1. The number of ether oxygens (including phenoxy) is 1. The van der Waals surface area contributed by atoms with Crippen molar-refractivity contribution in [2.75, 3.05) is 5.73 Å². The highest BCUT2D eigenvalue weighted by Gasteiger charge is 2.10. The second kappa shape index (κ2) is 4.44. The zero-order valence-electron chi connectivity index (χ0n) is 8.02. The van der Waals surface area contributed by atoms with Gasteiger partial charge in [-0.3, -0.25) is 0 Å². The molecule has 2 N–H and O–H groups in total. The van der Waals surface area contributed by atoms with Crippen LogP contribution in [0.25, 0.3) is 0 Å². The molecule has 1 aromatic heterocycles. The highest BCUT2D eigenvalue weighted by Crippen LogP contribution is 2.31. The van der Waals surface area contributed by atoms with Crippen LogP contribution in [0.5, 0.6) is 11.6 Å². The molecule has 0 atom stereocenters. The molecule has 2 aromatic rings. The zero-order valence-corrected chi connectivity index (χ0v) is 9.61. The summed E-state index contributed by atoms with van der Waals surface area (Å²) < 4.78 is 19.0. The summed E-state index contributed by atoms with van der Waals surface area (Å²) >= 11 is 3.16. The van der Waals surface area contributed by atoms with Crippen molar-refractivity contribution in [2.45, 2.75) is 0 Å². The van der Waals surface area contributed by atoms with Gasteiger partial charge in [0, 0.05) is 0 Å². The van der Waals surface area contributed by atoms with Crippen molar-refractivity contribution in [3.05, 3.63) is 40.9 Å². The number of para-hydroxylation sites is 1. The van der Waals surface area contributed by atoms with Crippen LogP contribution < -0.4 is 10.5 Å². The Balaban J connectivity index is 2.35. The molecule has 0 aliphatic heterocycles. The Hall–Kier alpha value is -1.69. The van der Waals surface area contributed by atoms with Gasteiger partial charge in [0.15, 0.2) is 11.6 Å². The molecule has 6 heteroatoms. The van der Waals surface area contributed by atoms with Crippen LogP contribution in [-0.2, 0) is 0 Å². The van der Waals surface area contributed by atoms with E-state index in [4.69, 9.17) is 10.5 Å². The molecule has 0 saturated carbocycles. The number of nitrogen functional groups attached to an aromatic ring is 1. The molecule has 0 amide bonds. The van der Waals surface area contributed by atoms with E-state index in [-0.39, 0.29) is 17.4 Å². The van der Waals surface area contributed by atoms with Gasteiger partial charge in [-0.1, -0.05) is 12.1 Å². The summed E-state index contributed by atoms with van der Waals surface area (Å²) in [7, 11) is 0. The Morgan fingerprint density at radius 1 is 1.25 bits per heavy atom. The van der Waals surface area contributed by atoms with Crippen molar-refractivity contribution in [3.63, 3.8) is 0 Å². The Kier molecular flexibility index (Phi) is 3.00. The molecule has 0 saturated heterocycles. The van der Waals surface area contributed by atoms with Gasteiger partial charge < -0.3 is 10.5 Å². The fraction of sp³-hybridized carbons (Fsp3) is 0. The first-order chi connectivity index (χ1) is 7.68. The number of aromatic nitrogens is 2. The lowest BCUT2D eigenvalue weighted by molar-refractivity contribution is 0.424. The van der Waals surface area contributed by atoms with Crippen LogP contribution in [0.4, 0.5) is 10.2 Å². The molecule has 2 rings (SSSR count). The molecule has 1 aromatic carbocycles. The third-order valence-corrected chi connectivity index (χ3v) is 2.57. The van der Waals surface area contributed by atoms with Crippen LogP contribution in [0.1, 0.15) is 0 Å². The quantitative estimate of drug-likeness (QED) is 0.921. The standard InChI is InChI=1S/C10H7BrFN3O/c11-8-9(13)14-5-15-10(8)16-7-4-2-1-3-6(7)12/h1-5H,(H2,13,14,15). The zero-order chi connectivity index (χ0) is 11.5. The summed E-state index contributed by atoms with van der Waals surface area (Å²) in [6.45, 7) is 0. The number of anilines is 1. The Labute approximate surface area is 99.4 Å². The lowest BCUT2D eigenvalue weighted by Crippen LogP contribution is -1.97. The summed E-state index contributed by atoms with van der Waals surface area (Å²) in [6, 6.07) is 6.04. The first kappa shape index (κ1) is 10.8. The van der Waals surface area contributed by atoms with E-state index < -0.39 is 5.82 Å². The van der Waals surface area contributed by atoms with Crippen molar-refractivity contribution in [3.8, 4) is 11.6 Å². The lowest BCUT2D eigenvalue weighted by Gasteiger charge is -2.07. The molecule has 0 fully saturated rings. The fourth-order valence-corrected chi connectivity index (χ4v) is 1.35. The number of nitrogens with two attached hydrogens (primary N) is 1. The molecule has 1 heterocycles. The summed E-state index contributed by atoms with van der Waals surface area (Å²) in [5.74, 6) is 0.0341. The van der Waals surface area contributed by atoms with Crippen LogP contribution >= 0.6 is 15.9 Å². The Morgan fingerprint density at radius 2 is 2.00 bits per heavy atom. The Morgan fingerprint density at radius 3 is 2.75 bits per heavy atom. The van der Waals surface area contributed by atoms with Crippen molar-refractivity contribution in [1.29, 1.82) is 0 Å². The lowest BCUT2D eigenvalue weighted by atomic mass is 10.3. The highest BCUT2D eigenvalue weighted by molar-refractivity contribution is 9.10. The molecule has 16 heavy (non-hydrogen) atoms. The van der Waals surface area contributed by atoms with Gasteiger partial charge in [0.05, 0.1) is 0 Å². The van der Waals surface area contributed by atoms with Gasteiger partial charge in [0.2, 0.25) is 5.88 Å². The van der Waals surface area contributed by atoms with E-state index in [9.17, 15) is 4.39 Å². The maximum Gasteiger partial charge on any atom is 0.239 e.